The van der Waals surface area contributed by atoms with Gasteiger partial charge in [0.15, 0.2) is 0 Å². The number of rotatable bonds is 5. The maximum Gasteiger partial charge on any atom is 0.225 e. The van der Waals surface area contributed by atoms with E-state index in [0.717, 1.165) is 64.3 Å². The van der Waals surface area contributed by atoms with Gasteiger partial charge in [-0.25, -0.2) is 4.98 Å². The van der Waals surface area contributed by atoms with Crippen molar-refractivity contribution in [2.75, 3.05) is 58.3 Å². The van der Waals surface area contributed by atoms with E-state index in [9.17, 15) is 4.79 Å². The summed E-state index contributed by atoms with van der Waals surface area (Å²) >= 11 is 0. The van der Waals surface area contributed by atoms with Crippen LogP contribution in [0.5, 0.6) is 0 Å². The molecule has 3 aliphatic rings. The second-order valence-electron chi connectivity index (χ2n) is 9.01. The molecule has 8 heteroatoms. The van der Waals surface area contributed by atoms with Crippen LogP contribution in [-0.2, 0) is 9.53 Å². The van der Waals surface area contributed by atoms with Crippen molar-refractivity contribution < 1.29 is 9.53 Å². The van der Waals surface area contributed by atoms with Gasteiger partial charge in [-0.05, 0) is 52.2 Å². The van der Waals surface area contributed by atoms with Crippen LogP contribution in [0.1, 0.15) is 32.1 Å². The van der Waals surface area contributed by atoms with E-state index in [1.54, 1.807) is 18.6 Å². The molecule has 1 saturated carbocycles. The summed E-state index contributed by atoms with van der Waals surface area (Å²) in [6.45, 7) is 5.42. The van der Waals surface area contributed by atoms with Gasteiger partial charge in [-0.3, -0.25) is 9.78 Å². The summed E-state index contributed by atoms with van der Waals surface area (Å²) in [5.41, 5.74) is 0. The molecule has 0 radical (unpaired) electrons. The Balaban J connectivity index is 1.30. The summed E-state index contributed by atoms with van der Waals surface area (Å²) in [4.78, 5) is 28.5. The lowest BCUT2D eigenvalue weighted by Crippen LogP contribution is -2.55. The third kappa shape index (κ3) is 5.10. The van der Waals surface area contributed by atoms with Gasteiger partial charge in [-0.15, -0.1) is 0 Å². The topological polar surface area (TPSA) is 73.8 Å². The molecule has 0 bridgehead atoms. The van der Waals surface area contributed by atoms with Gasteiger partial charge in [0.05, 0.1) is 12.3 Å². The van der Waals surface area contributed by atoms with Crippen LogP contribution in [0.2, 0.25) is 0 Å². The first kappa shape index (κ1) is 21.5. The van der Waals surface area contributed by atoms with Crippen LogP contribution in [-0.4, -0.2) is 97.3 Å². The van der Waals surface area contributed by atoms with Crippen LogP contribution < -0.4 is 10.2 Å². The fourth-order valence-corrected chi connectivity index (χ4v) is 5.17. The molecule has 3 atom stereocenters. The molecule has 3 fully saturated rings. The second-order valence-corrected chi connectivity index (χ2v) is 9.01. The largest absolute Gasteiger partial charge is 0.380 e. The van der Waals surface area contributed by atoms with Crippen molar-refractivity contribution >= 4 is 11.7 Å². The average Bonchev–Trinajstić information content (AvgIpc) is 2.81. The van der Waals surface area contributed by atoms with Crippen molar-refractivity contribution in [1.29, 1.82) is 0 Å². The molecule has 1 amide bonds. The molecular formula is C22H36N6O2. The summed E-state index contributed by atoms with van der Waals surface area (Å²) in [5, 5.41) is 3.85. The predicted molar refractivity (Wildman–Crippen MR) is 116 cm³/mol. The fraction of sp³-hybridized carbons (Fsp3) is 0.773. The average molecular weight is 417 g/mol. The lowest BCUT2D eigenvalue weighted by molar-refractivity contribution is -0.138. The first-order chi connectivity index (χ1) is 14.6. The number of piperidine rings is 1. The number of methoxy groups -OCH3 is 1. The first-order valence-corrected chi connectivity index (χ1v) is 11.4. The van der Waals surface area contributed by atoms with Crippen LogP contribution in [0.3, 0.4) is 0 Å². The number of carbonyl (C=O) groups is 1. The maximum absolute atomic E-state index is 13.3. The number of piperazine rings is 1. The quantitative estimate of drug-likeness (QED) is 0.767. The van der Waals surface area contributed by atoms with Crippen molar-refractivity contribution in [2.24, 2.45) is 5.92 Å². The zero-order valence-corrected chi connectivity index (χ0v) is 18.4. The first-order valence-electron chi connectivity index (χ1n) is 11.4. The van der Waals surface area contributed by atoms with Gasteiger partial charge in [0.2, 0.25) is 5.91 Å². The van der Waals surface area contributed by atoms with Crippen molar-refractivity contribution in [3.63, 3.8) is 0 Å². The molecule has 1 N–H and O–H groups in total. The molecule has 30 heavy (non-hydrogen) atoms. The van der Waals surface area contributed by atoms with E-state index >= 15 is 0 Å². The number of likely N-dealkylation sites (tertiary alicyclic amines) is 1. The molecule has 1 aromatic rings. The minimum atomic E-state index is 0.100. The zero-order valence-electron chi connectivity index (χ0n) is 18.4. The maximum atomic E-state index is 13.3. The van der Waals surface area contributed by atoms with Crippen molar-refractivity contribution in [3.8, 4) is 0 Å². The number of ether oxygens (including phenoxy) is 1. The van der Waals surface area contributed by atoms with E-state index in [2.05, 4.69) is 37.0 Å². The lowest BCUT2D eigenvalue weighted by Gasteiger charge is -2.42. The minimum absolute atomic E-state index is 0.100. The van der Waals surface area contributed by atoms with E-state index in [4.69, 9.17) is 4.74 Å². The Morgan fingerprint density at radius 2 is 1.83 bits per heavy atom. The summed E-state index contributed by atoms with van der Waals surface area (Å²) < 4.78 is 5.79. The number of aromatic nitrogens is 2. The van der Waals surface area contributed by atoms with E-state index < -0.39 is 0 Å². The molecular weight excluding hydrogens is 380 g/mol. The molecule has 0 aromatic carbocycles. The Morgan fingerprint density at radius 1 is 1.07 bits per heavy atom. The number of anilines is 1. The third-order valence-corrected chi connectivity index (χ3v) is 7.07. The van der Waals surface area contributed by atoms with E-state index in [1.807, 2.05) is 7.11 Å². The molecule has 1 aliphatic carbocycles. The molecule has 4 rings (SSSR count). The summed E-state index contributed by atoms with van der Waals surface area (Å²) in [6, 6.07) is 0.806. The standard InChI is InChI=1S/C22H36N6O2/c1-26-9-5-18(6-10-26)25-19-15-17(3-4-20(19)30-2)22(29)28-13-11-27(12-14-28)21-16-23-7-8-24-21/h7-8,16-20,25H,3-6,9-15H2,1-2H3/t17-,19+,20+/m0/s1. The third-order valence-electron chi connectivity index (χ3n) is 7.07. The predicted octanol–water partition coefficient (Wildman–Crippen LogP) is 0.993. The molecule has 166 valence electrons. The highest BCUT2D eigenvalue weighted by atomic mass is 16.5. The van der Waals surface area contributed by atoms with Crippen LogP contribution in [0.15, 0.2) is 18.6 Å². The second kappa shape index (κ2) is 10.0. The van der Waals surface area contributed by atoms with E-state index in [-0.39, 0.29) is 18.1 Å². The van der Waals surface area contributed by atoms with Crippen molar-refractivity contribution in [1.82, 2.24) is 25.1 Å². The molecule has 2 saturated heterocycles. The Kier molecular flexibility index (Phi) is 7.17. The normalized spacial score (nSPS) is 29.2. The van der Waals surface area contributed by atoms with Crippen molar-refractivity contribution in [2.45, 2.75) is 50.3 Å². The smallest absolute Gasteiger partial charge is 0.225 e. The molecule has 0 unspecified atom stereocenters. The summed E-state index contributed by atoms with van der Waals surface area (Å²) in [7, 11) is 4.00. The Labute approximate surface area is 180 Å². The lowest BCUT2D eigenvalue weighted by atomic mass is 9.82. The highest BCUT2D eigenvalue weighted by Gasteiger charge is 2.37. The number of amides is 1. The Hall–Kier alpha value is -1.77. The van der Waals surface area contributed by atoms with Gasteiger partial charge >= 0.3 is 0 Å². The Morgan fingerprint density at radius 3 is 2.50 bits per heavy atom. The zero-order chi connectivity index (χ0) is 20.9. The van der Waals surface area contributed by atoms with Gasteiger partial charge in [-0.1, -0.05) is 0 Å². The SMILES string of the molecule is CO[C@@H]1CC[C@H](C(=O)N2CCN(c3cnccn3)CC2)C[C@H]1NC1CCN(C)CC1. The van der Waals surface area contributed by atoms with E-state index in [1.165, 1.54) is 12.8 Å². The number of hydrogen-bond donors (Lipinski definition) is 1. The number of hydrogen-bond acceptors (Lipinski definition) is 7. The fourth-order valence-electron chi connectivity index (χ4n) is 5.17. The highest BCUT2D eigenvalue weighted by molar-refractivity contribution is 5.79. The van der Waals surface area contributed by atoms with Gasteiger partial charge in [-0.2, -0.15) is 0 Å². The van der Waals surface area contributed by atoms with Crippen LogP contribution in [0.25, 0.3) is 0 Å². The molecule has 2 aliphatic heterocycles. The van der Waals surface area contributed by atoms with Crippen LogP contribution in [0.4, 0.5) is 5.82 Å². The summed E-state index contributed by atoms with van der Waals surface area (Å²) in [6.07, 6.45) is 10.5. The van der Waals surface area contributed by atoms with Crippen LogP contribution in [0, 0.1) is 5.92 Å². The van der Waals surface area contributed by atoms with E-state index in [0.29, 0.717) is 11.9 Å². The van der Waals surface area contributed by atoms with Crippen LogP contribution >= 0.6 is 0 Å². The molecule has 3 heterocycles. The van der Waals surface area contributed by atoms with Gasteiger partial charge in [0, 0.05) is 63.7 Å². The molecule has 0 spiro atoms. The number of nitrogens with one attached hydrogen (secondary N) is 1. The van der Waals surface area contributed by atoms with Crippen molar-refractivity contribution in [3.05, 3.63) is 18.6 Å². The molecule has 1 aromatic heterocycles. The van der Waals surface area contributed by atoms with Gasteiger partial charge < -0.3 is 24.8 Å². The highest BCUT2D eigenvalue weighted by Crippen LogP contribution is 2.29. The number of carbonyl (C=O) groups excluding carboxylic acids is 1. The van der Waals surface area contributed by atoms with Gasteiger partial charge in [0.25, 0.3) is 0 Å². The number of nitrogens with zero attached hydrogens (tertiary/aromatic N) is 5. The minimum Gasteiger partial charge on any atom is -0.380 e. The Bertz CT molecular complexity index is 673. The monoisotopic (exact) mass is 416 g/mol. The molecule has 8 nitrogen and oxygen atoms in total. The summed E-state index contributed by atoms with van der Waals surface area (Å²) in [5.74, 6) is 1.31. The van der Waals surface area contributed by atoms with Gasteiger partial charge in [0.1, 0.15) is 5.82 Å².